The summed E-state index contributed by atoms with van der Waals surface area (Å²) < 4.78 is 0. The molecule has 0 bridgehead atoms. The molecule has 0 radical (unpaired) electrons. The quantitative estimate of drug-likeness (QED) is 0.841. The number of rotatable bonds is 4. The van der Waals surface area contributed by atoms with E-state index in [0.29, 0.717) is 0 Å². The number of nitrogens with zero attached hydrogens (tertiary/aromatic N) is 1. The number of nitrogens with two attached hydrogens (primary N) is 1. The van der Waals surface area contributed by atoms with Crippen LogP contribution in [0.3, 0.4) is 0 Å². The Hall–Kier alpha value is -1.02. The second-order valence-corrected chi connectivity index (χ2v) is 4.60. The van der Waals surface area contributed by atoms with Crippen molar-refractivity contribution in [3.8, 4) is 0 Å². The molecule has 0 saturated carbocycles. The number of hydrogen-bond donors (Lipinski definition) is 1. The van der Waals surface area contributed by atoms with E-state index in [1.807, 2.05) is 0 Å². The predicted octanol–water partition coefficient (Wildman–Crippen LogP) is 2.57. The normalized spacial score (nSPS) is 20.4. The first-order chi connectivity index (χ1) is 7.85. The Bertz CT molecular complexity index is 318. The molecule has 0 aliphatic carbocycles. The van der Waals surface area contributed by atoms with Crippen LogP contribution < -0.4 is 10.6 Å². The highest BCUT2D eigenvalue weighted by atomic mass is 15.2. The Morgan fingerprint density at radius 3 is 2.69 bits per heavy atom. The van der Waals surface area contributed by atoms with E-state index >= 15 is 0 Å². The second kappa shape index (κ2) is 5.35. The minimum Gasteiger partial charge on any atom is -0.369 e. The summed E-state index contributed by atoms with van der Waals surface area (Å²) >= 11 is 0. The SMILES string of the molecule is CCC1CCCN1c1ccc(CCN)cc1. The van der Waals surface area contributed by atoms with E-state index in [1.54, 1.807) is 0 Å². The summed E-state index contributed by atoms with van der Waals surface area (Å²) in [4.78, 5) is 2.55. The Kier molecular flexibility index (Phi) is 3.83. The van der Waals surface area contributed by atoms with Crippen LogP contribution >= 0.6 is 0 Å². The van der Waals surface area contributed by atoms with Crippen molar-refractivity contribution in [2.24, 2.45) is 5.73 Å². The van der Waals surface area contributed by atoms with Crippen molar-refractivity contribution in [3.63, 3.8) is 0 Å². The Labute approximate surface area is 98.4 Å². The summed E-state index contributed by atoms with van der Waals surface area (Å²) in [5.41, 5.74) is 8.28. The van der Waals surface area contributed by atoms with Crippen LogP contribution in [-0.2, 0) is 6.42 Å². The summed E-state index contributed by atoms with van der Waals surface area (Å²) in [5, 5.41) is 0. The Morgan fingerprint density at radius 2 is 2.06 bits per heavy atom. The zero-order chi connectivity index (χ0) is 11.4. The molecule has 2 rings (SSSR count). The van der Waals surface area contributed by atoms with Crippen LogP contribution in [-0.4, -0.2) is 19.1 Å². The summed E-state index contributed by atoms with van der Waals surface area (Å²) in [6.45, 7) is 4.24. The van der Waals surface area contributed by atoms with Gasteiger partial charge < -0.3 is 10.6 Å². The maximum atomic E-state index is 5.55. The van der Waals surface area contributed by atoms with Crippen molar-refractivity contribution < 1.29 is 0 Å². The van der Waals surface area contributed by atoms with E-state index in [4.69, 9.17) is 5.73 Å². The summed E-state index contributed by atoms with van der Waals surface area (Å²) in [6, 6.07) is 9.68. The molecular weight excluding hydrogens is 196 g/mol. The summed E-state index contributed by atoms with van der Waals surface area (Å²) in [6.07, 6.45) is 4.92. The number of benzene rings is 1. The third-order valence-corrected chi connectivity index (χ3v) is 3.55. The third kappa shape index (κ3) is 2.38. The smallest absolute Gasteiger partial charge is 0.0368 e. The van der Waals surface area contributed by atoms with E-state index in [0.717, 1.165) is 19.0 Å². The van der Waals surface area contributed by atoms with Crippen LogP contribution in [0.2, 0.25) is 0 Å². The molecule has 2 N–H and O–H groups in total. The van der Waals surface area contributed by atoms with E-state index in [-0.39, 0.29) is 0 Å². The van der Waals surface area contributed by atoms with Crippen LogP contribution in [0, 0.1) is 0 Å². The average Bonchev–Trinajstić information content (AvgIpc) is 2.78. The highest BCUT2D eigenvalue weighted by Crippen LogP contribution is 2.27. The van der Waals surface area contributed by atoms with E-state index in [1.165, 1.54) is 37.1 Å². The minimum absolute atomic E-state index is 0.737. The fourth-order valence-electron chi connectivity index (χ4n) is 2.62. The molecule has 88 valence electrons. The van der Waals surface area contributed by atoms with Gasteiger partial charge in [-0.3, -0.25) is 0 Å². The zero-order valence-electron chi connectivity index (χ0n) is 10.2. The molecule has 1 aromatic rings. The van der Waals surface area contributed by atoms with E-state index in [9.17, 15) is 0 Å². The van der Waals surface area contributed by atoms with E-state index in [2.05, 4.69) is 36.1 Å². The molecular formula is C14H22N2. The van der Waals surface area contributed by atoms with Gasteiger partial charge in [0, 0.05) is 18.3 Å². The lowest BCUT2D eigenvalue weighted by Gasteiger charge is -2.26. The van der Waals surface area contributed by atoms with Crippen molar-refractivity contribution in [3.05, 3.63) is 29.8 Å². The van der Waals surface area contributed by atoms with Gasteiger partial charge in [-0.05, 0) is 49.9 Å². The maximum absolute atomic E-state index is 5.55. The molecule has 2 heteroatoms. The highest BCUT2D eigenvalue weighted by Gasteiger charge is 2.22. The molecule has 0 amide bonds. The van der Waals surface area contributed by atoms with Gasteiger partial charge >= 0.3 is 0 Å². The standard InChI is InChI=1S/C14H22N2/c1-2-13-4-3-11-16(13)14-7-5-12(6-8-14)9-10-15/h5-8,13H,2-4,9-11,15H2,1H3. The summed E-state index contributed by atoms with van der Waals surface area (Å²) in [7, 11) is 0. The monoisotopic (exact) mass is 218 g/mol. The molecule has 1 fully saturated rings. The first kappa shape index (κ1) is 11.5. The van der Waals surface area contributed by atoms with Crippen molar-refractivity contribution in [2.75, 3.05) is 18.0 Å². The summed E-state index contributed by atoms with van der Waals surface area (Å²) in [5.74, 6) is 0. The molecule has 16 heavy (non-hydrogen) atoms. The van der Waals surface area contributed by atoms with Gasteiger partial charge in [-0.25, -0.2) is 0 Å². The highest BCUT2D eigenvalue weighted by molar-refractivity contribution is 5.49. The van der Waals surface area contributed by atoms with Gasteiger partial charge in [0.25, 0.3) is 0 Å². The Balaban J connectivity index is 2.08. The molecule has 2 nitrogen and oxygen atoms in total. The van der Waals surface area contributed by atoms with Crippen molar-refractivity contribution in [2.45, 2.75) is 38.6 Å². The largest absolute Gasteiger partial charge is 0.369 e. The van der Waals surface area contributed by atoms with Gasteiger partial charge in [0.2, 0.25) is 0 Å². The topological polar surface area (TPSA) is 29.3 Å². The van der Waals surface area contributed by atoms with Crippen LogP contribution in [0.25, 0.3) is 0 Å². The molecule has 0 spiro atoms. The fourth-order valence-corrected chi connectivity index (χ4v) is 2.62. The predicted molar refractivity (Wildman–Crippen MR) is 69.9 cm³/mol. The molecule has 1 aliphatic heterocycles. The van der Waals surface area contributed by atoms with Crippen LogP contribution in [0.1, 0.15) is 31.7 Å². The molecule has 0 aromatic heterocycles. The molecule has 1 saturated heterocycles. The van der Waals surface area contributed by atoms with Crippen molar-refractivity contribution >= 4 is 5.69 Å². The Morgan fingerprint density at radius 1 is 1.31 bits per heavy atom. The third-order valence-electron chi connectivity index (χ3n) is 3.55. The minimum atomic E-state index is 0.737. The molecule has 1 aliphatic rings. The lowest BCUT2D eigenvalue weighted by atomic mass is 10.1. The van der Waals surface area contributed by atoms with E-state index < -0.39 is 0 Å². The lowest BCUT2D eigenvalue weighted by molar-refractivity contribution is 0.645. The zero-order valence-corrected chi connectivity index (χ0v) is 10.2. The number of anilines is 1. The van der Waals surface area contributed by atoms with Crippen molar-refractivity contribution in [1.29, 1.82) is 0 Å². The molecule has 1 aromatic carbocycles. The van der Waals surface area contributed by atoms with Gasteiger partial charge in [-0.2, -0.15) is 0 Å². The van der Waals surface area contributed by atoms with Crippen molar-refractivity contribution in [1.82, 2.24) is 0 Å². The van der Waals surface area contributed by atoms with Gasteiger partial charge in [-0.1, -0.05) is 19.1 Å². The molecule has 1 atom stereocenters. The lowest BCUT2D eigenvalue weighted by Crippen LogP contribution is -2.28. The van der Waals surface area contributed by atoms with Crippen LogP contribution in [0.4, 0.5) is 5.69 Å². The van der Waals surface area contributed by atoms with Crippen LogP contribution in [0.5, 0.6) is 0 Å². The van der Waals surface area contributed by atoms with Gasteiger partial charge in [0.15, 0.2) is 0 Å². The molecule has 1 unspecified atom stereocenters. The second-order valence-electron chi connectivity index (χ2n) is 4.60. The average molecular weight is 218 g/mol. The first-order valence-corrected chi connectivity index (χ1v) is 6.40. The maximum Gasteiger partial charge on any atom is 0.0368 e. The van der Waals surface area contributed by atoms with Gasteiger partial charge in [0.1, 0.15) is 0 Å². The number of hydrogen-bond acceptors (Lipinski definition) is 2. The molecule has 1 heterocycles. The van der Waals surface area contributed by atoms with Crippen LogP contribution in [0.15, 0.2) is 24.3 Å². The first-order valence-electron chi connectivity index (χ1n) is 6.40. The van der Waals surface area contributed by atoms with Gasteiger partial charge in [0.05, 0.1) is 0 Å². The van der Waals surface area contributed by atoms with Gasteiger partial charge in [-0.15, -0.1) is 0 Å². The fraction of sp³-hybridized carbons (Fsp3) is 0.571.